The molecule has 0 saturated heterocycles. The van der Waals surface area contributed by atoms with Crippen LogP contribution in [0.25, 0.3) is 6.08 Å². The number of methoxy groups -OCH3 is 1. The van der Waals surface area contributed by atoms with Crippen LogP contribution in [0.4, 0.5) is 5.69 Å². The number of para-hydroxylation sites is 1. The highest BCUT2D eigenvalue weighted by atomic mass is 16.5. The van der Waals surface area contributed by atoms with Crippen LogP contribution < -0.4 is 19.5 Å². The zero-order valence-corrected chi connectivity index (χ0v) is 19.3. The average Bonchev–Trinajstić information content (AvgIpc) is 2.84. The zero-order valence-electron chi connectivity index (χ0n) is 19.3. The van der Waals surface area contributed by atoms with Crippen molar-refractivity contribution in [3.05, 3.63) is 83.4 Å². The van der Waals surface area contributed by atoms with E-state index in [1.54, 1.807) is 24.3 Å². The molecule has 0 aromatic heterocycles. The number of anilines is 1. The Morgan fingerprint density at radius 1 is 0.971 bits per heavy atom. The minimum atomic E-state index is -0.282. The smallest absolute Gasteiger partial charge is 0.262 e. The normalized spacial score (nSPS) is 10.7. The van der Waals surface area contributed by atoms with Gasteiger partial charge in [-0.3, -0.25) is 9.59 Å². The first-order valence-electron chi connectivity index (χ1n) is 10.8. The van der Waals surface area contributed by atoms with Crippen molar-refractivity contribution in [1.82, 2.24) is 0 Å². The number of carbonyl (C=O) groups excluding carboxylic acids is 2. The molecule has 0 bridgehead atoms. The van der Waals surface area contributed by atoms with Gasteiger partial charge in [-0.15, -0.1) is 0 Å². The molecule has 7 heteroatoms. The summed E-state index contributed by atoms with van der Waals surface area (Å²) in [6.07, 6.45) is 3.08. The monoisotopic (exact) mass is 461 g/mol. The first-order valence-corrected chi connectivity index (χ1v) is 10.8. The molecule has 0 aliphatic rings. The number of nitrogens with one attached hydrogen (secondary N) is 1. The SMILES string of the molecule is CCOc1cc(/C=C/C(=O)c2ccc(O)c(OC)c2)ccc1OCC(=O)Nc1ccccc1C. The Hall–Kier alpha value is -4.26. The van der Waals surface area contributed by atoms with Crippen molar-refractivity contribution in [3.63, 3.8) is 0 Å². The van der Waals surface area contributed by atoms with Crippen molar-refractivity contribution in [2.75, 3.05) is 25.6 Å². The number of carbonyl (C=O) groups is 2. The summed E-state index contributed by atoms with van der Waals surface area (Å²) in [7, 11) is 1.42. The van der Waals surface area contributed by atoms with E-state index in [0.717, 1.165) is 16.8 Å². The van der Waals surface area contributed by atoms with Gasteiger partial charge in [0.25, 0.3) is 5.91 Å². The molecule has 2 N–H and O–H groups in total. The second-order valence-electron chi connectivity index (χ2n) is 7.38. The van der Waals surface area contributed by atoms with Gasteiger partial charge in [-0.05, 0) is 67.4 Å². The third-order valence-electron chi connectivity index (χ3n) is 4.94. The molecule has 0 aliphatic heterocycles. The summed E-state index contributed by atoms with van der Waals surface area (Å²) in [5.74, 6) is 0.555. The number of amides is 1. The average molecular weight is 462 g/mol. The predicted octanol–water partition coefficient (Wildman–Crippen LogP) is 5.02. The fraction of sp³-hybridized carbons (Fsp3) is 0.185. The molecular weight excluding hydrogens is 434 g/mol. The first kappa shape index (κ1) is 24.4. The molecule has 1 amide bonds. The van der Waals surface area contributed by atoms with Gasteiger partial charge in [-0.25, -0.2) is 0 Å². The van der Waals surface area contributed by atoms with Crippen LogP contribution in [-0.4, -0.2) is 37.1 Å². The lowest BCUT2D eigenvalue weighted by Gasteiger charge is -2.13. The molecule has 0 atom stereocenters. The van der Waals surface area contributed by atoms with Gasteiger partial charge in [0.15, 0.2) is 35.4 Å². The highest BCUT2D eigenvalue weighted by Crippen LogP contribution is 2.30. The van der Waals surface area contributed by atoms with Gasteiger partial charge in [0.2, 0.25) is 0 Å². The van der Waals surface area contributed by atoms with Crippen molar-refractivity contribution >= 4 is 23.5 Å². The van der Waals surface area contributed by atoms with Gasteiger partial charge in [0.1, 0.15) is 0 Å². The Morgan fingerprint density at radius 2 is 1.76 bits per heavy atom. The second-order valence-corrected chi connectivity index (χ2v) is 7.38. The Morgan fingerprint density at radius 3 is 2.50 bits per heavy atom. The highest BCUT2D eigenvalue weighted by molar-refractivity contribution is 6.07. The second kappa shape index (κ2) is 11.6. The summed E-state index contributed by atoms with van der Waals surface area (Å²) in [6, 6.07) is 17.1. The molecule has 34 heavy (non-hydrogen) atoms. The number of benzene rings is 3. The van der Waals surface area contributed by atoms with E-state index < -0.39 is 0 Å². The summed E-state index contributed by atoms with van der Waals surface area (Å²) in [6.45, 7) is 3.99. The Labute approximate surface area is 198 Å². The van der Waals surface area contributed by atoms with E-state index >= 15 is 0 Å². The lowest BCUT2D eigenvalue weighted by molar-refractivity contribution is -0.118. The Balaban J connectivity index is 1.68. The lowest BCUT2D eigenvalue weighted by Crippen LogP contribution is -2.20. The quantitative estimate of drug-likeness (QED) is 0.325. The van der Waals surface area contributed by atoms with Crippen molar-refractivity contribution in [1.29, 1.82) is 0 Å². The third kappa shape index (κ3) is 6.38. The fourth-order valence-electron chi connectivity index (χ4n) is 3.16. The topological polar surface area (TPSA) is 94.1 Å². The number of rotatable bonds is 10. The van der Waals surface area contributed by atoms with Crippen molar-refractivity contribution in [3.8, 4) is 23.0 Å². The van der Waals surface area contributed by atoms with Crippen molar-refractivity contribution < 1.29 is 28.9 Å². The van der Waals surface area contributed by atoms with E-state index in [1.165, 1.54) is 31.4 Å². The standard InChI is InChI=1S/C27H27NO6/c1-4-33-26-15-19(9-12-22(29)20-11-13-23(30)25(16-20)32-3)10-14-24(26)34-17-27(31)28-21-8-6-5-7-18(21)2/h5-16,30H,4,17H2,1-3H3,(H,28,31)/b12-9+. The van der Waals surface area contributed by atoms with Gasteiger partial charge in [-0.1, -0.05) is 30.3 Å². The van der Waals surface area contributed by atoms with E-state index in [-0.39, 0.29) is 29.8 Å². The van der Waals surface area contributed by atoms with Gasteiger partial charge < -0.3 is 24.6 Å². The molecule has 0 fully saturated rings. The molecule has 0 heterocycles. The third-order valence-corrected chi connectivity index (χ3v) is 4.94. The maximum absolute atomic E-state index is 12.5. The van der Waals surface area contributed by atoms with E-state index in [9.17, 15) is 14.7 Å². The predicted molar refractivity (Wildman–Crippen MR) is 131 cm³/mol. The van der Waals surface area contributed by atoms with Crippen LogP contribution in [0.2, 0.25) is 0 Å². The van der Waals surface area contributed by atoms with Crippen molar-refractivity contribution in [2.24, 2.45) is 0 Å². The summed E-state index contributed by atoms with van der Waals surface area (Å²) >= 11 is 0. The molecule has 176 valence electrons. The van der Waals surface area contributed by atoms with E-state index in [4.69, 9.17) is 14.2 Å². The van der Waals surface area contributed by atoms with Gasteiger partial charge in [0, 0.05) is 11.3 Å². The van der Waals surface area contributed by atoms with Crippen LogP contribution in [0, 0.1) is 6.92 Å². The summed E-state index contributed by atoms with van der Waals surface area (Å²) in [5.41, 5.74) is 2.80. The number of aryl methyl sites for hydroxylation is 1. The van der Waals surface area contributed by atoms with E-state index in [2.05, 4.69) is 5.32 Å². The number of allylic oxidation sites excluding steroid dienone is 1. The number of ketones is 1. The maximum atomic E-state index is 12.5. The van der Waals surface area contributed by atoms with Crippen LogP contribution in [0.1, 0.15) is 28.4 Å². The summed E-state index contributed by atoms with van der Waals surface area (Å²) in [5, 5.41) is 12.5. The van der Waals surface area contributed by atoms with Crippen LogP contribution in [0.3, 0.4) is 0 Å². The van der Waals surface area contributed by atoms with Crippen LogP contribution in [-0.2, 0) is 4.79 Å². The molecule has 0 radical (unpaired) electrons. The van der Waals surface area contributed by atoms with Gasteiger partial charge >= 0.3 is 0 Å². The van der Waals surface area contributed by atoms with E-state index in [1.807, 2.05) is 38.1 Å². The number of phenolic OH excluding ortho intramolecular Hbond substituents is 1. The number of hydrogen-bond donors (Lipinski definition) is 2. The number of ether oxygens (including phenoxy) is 3. The van der Waals surface area contributed by atoms with Crippen LogP contribution in [0.15, 0.2) is 66.7 Å². The molecule has 0 unspecified atom stereocenters. The molecule has 3 aromatic rings. The summed E-state index contributed by atoms with van der Waals surface area (Å²) in [4.78, 5) is 24.8. The highest BCUT2D eigenvalue weighted by Gasteiger charge is 2.11. The van der Waals surface area contributed by atoms with Crippen LogP contribution >= 0.6 is 0 Å². The number of aromatic hydroxyl groups is 1. The van der Waals surface area contributed by atoms with E-state index in [0.29, 0.717) is 23.7 Å². The molecule has 0 aliphatic carbocycles. The summed E-state index contributed by atoms with van der Waals surface area (Å²) < 4.78 is 16.4. The molecule has 3 aromatic carbocycles. The minimum absolute atomic E-state index is 0.0347. The molecule has 3 rings (SSSR count). The molecular formula is C27H27NO6. The maximum Gasteiger partial charge on any atom is 0.262 e. The zero-order chi connectivity index (χ0) is 24.5. The van der Waals surface area contributed by atoms with Gasteiger partial charge in [-0.2, -0.15) is 0 Å². The van der Waals surface area contributed by atoms with Gasteiger partial charge in [0.05, 0.1) is 13.7 Å². The number of hydrogen-bond acceptors (Lipinski definition) is 6. The van der Waals surface area contributed by atoms with Crippen molar-refractivity contribution in [2.45, 2.75) is 13.8 Å². The Bertz CT molecular complexity index is 1200. The number of phenols is 1. The largest absolute Gasteiger partial charge is 0.504 e. The van der Waals surface area contributed by atoms with Crippen LogP contribution in [0.5, 0.6) is 23.0 Å². The first-order chi connectivity index (χ1) is 16.4. The molecule has 7 nitrogen and oxygen atoms in total. The fourth-order valence-corrected chi connectivity index (χ4v) is 3.16. The molecule has 0 saturated carbocycles. The lowest BCUT2D eigenvalue weighted by atomic mass is 10.1. The molecule has 0 spiro atoms. The Kier molecular flexibility index (Phi) is 8.29. The minimum Gasteiger partial charge on any atom is -0.504 e.